The van der Waals surface area contributed by atoms with E-state index >= 15 is 0 Å². The Labute approximate surface area is 104 Å². The van der Waals surface area contributed by atoms with Crippen LogP contribution in [0.15, 0.2) is 24.3 Å². The molecule has 0 amide bonds. The fourth-order valence-corrected chi connectivity index (χ4v) is 2.35. The molecule has 0 radical (unpaired) electrons. The van der Waals surface area contributed by atoms with Gasteiger partial charge in [-0.15, -0.1) is 0 Å². The van der Waals surface area contributed by atoms with Crippen molar-refractivity contribution in [2.75, 3.05) is 31.2 Å². The third kappa shape index (κ3) is 2.99. The minimum Gasteiger partial charge on any atom is -0.377 e. The molecule has 0 bridgehead atoms. The molecule has 3 heteroatoms. The number of rotatable bonds is 4. The first-order chi connectivity index (χ1) is 8.35. The van der Waals surface area contributed by atoms with Crippen LogP contribution < -0.4 is 10.6 Å². The quantitative estimate of drug-likeness (QED) is 0.863. The molecule has 1 unspecified atom stereocenters. The minimum atomic E-state index is 0.518. The van der Waals surface area contributed by atoms with Crippen LogP contribution in [0.2, 0.25) is 0 Å². The first-order valence-electron chi connectivity index (χ1n) is 6.48. The highest BCUT2D eigenvalue weighted by molar-refractivity contribution is 5.49. The number of anilines is 1. The highest BCUT2D eigenvalue weighted by Crippen LogP contribution is 2.21. The lowest BCUT2D eigenvalue weighted by molar-refractivity contribution is 0.0930. The maximum absolute atomic E-state index is 5.56. The second-order valence-corrected chi connectivity index (χ2v) is 4.54. The van der Waals surface area contributed by atoms with E-state index in [-0.39, 0.29) is 0 Å². The van der Waals surface area contributed by atoms with Gasteiger partial charge < -0.3 is 15.4 Å². The highest BCUT2D eigenvalue weighted by Gasteiger charge is 2.21. The number of benzene rings is 1. The lowest BCUT2D eigenvalue weighted by Crippen LogP contribution is -2.45. The predicted molar refractivity (Wildman–Crippen MR) is 71.4 cm³/mol. The SMILES string of the molecule is CCC1COCCN1c1ccc(CCN)cc1. The van der Waals surface area contributed by atoms with Gasteiger partial charge in [-0.05, 0) is 37.1 Å². The molecule has 3 nitrogen and oxygen atoms in total. The molecule has 1 aromatic rings. The molecular weight excluding hydrogens is 212 g/mol. The first kappa shape index (κ1) is 12.4. The summed E-state index contributed by atoms with van der Waals surface area (Å²) in [5.41, 5.74) is 8.18. The second kappa shape index (κ2) is 6.03. The first-order valence-corrected chi connectivity index (χ1v) is 6.48. The van der Waals surface area contributed by atoms with Crippen LogP contribution in [-0.2, 0) is 11.2 Å². The van der Waals surface area contributed by atoms with E-state index in [9.17, 15) is 0 Å². The number of hydrogen-bond acceptors (Lipinski definition) is 3. The van der Waals surface area contributed by atoms with Crippen molar-refractivity contribution in [3.05, 3.63) is 29.8 Å². The molecule has 0 aliphatic carbocycles. The van der Waals surface area contributed by atoms with E-state index in [0.717, 1.165) is 32.6 Å². The van der Waals surface area contributed by atoms with Crippen LogP contribution in [0.3, 0.4) is 0 Å². The Morgan fingerprint density at radius 3 is 2.76 bits per heavy atom. The summed E-state index contributed by atoms with van der Waals surface area (Å²) in [4.78, 5) is 2.45. The van der Waals surface area contributed by atoms with Gasteiger partial charge in [-0.3, -0.25) is 0 Å². The zero-order chi connectivity index (χ0) is 12.1. The van der Waals surface area contributed by atoms with Crippen molar-refractivity contribution >= 4 is 5.69 Å². The van der Waals surface area contributed by atoms with Crippen molar-refractivity contribution < 1.29 is 4.74 Å². The summed E-state index contributed by atoms with van der Waals surface area (Å²) in [7, 11) is 0. The van der Waals surface area contributed by atoms with Gasteiger partial charge in [0.25, 0.3) is 0 Å². The van der Waals surface area contributed by atoms with Crippen molar-refractivity contribution in [3.8, 4) is 0 Å². The molecule has 0 saturated carbocycles. The summed E-state index contributed by atoms with van der Waals surface area (Å²) >= 11 is 0. The van der Waals surface area contributed by atoms with Gasteiger partial charge in [0.2, 0.25) is 0 Å². The summed E-state index contributed by atoms with van der Waals surface area (Å²) in [6, 6.07) is 9.30. The standard InChI is InChI=1S/C14H22N2O/c1-2-13-11-17-10-9-16(13)14-5-3-12(4-6-14)7-8-15/h3-6,13H,2,7-11,15H2,1H3. The van der Waals surface area contributed by atoms with Gasteiger partial charge in [0.1, 0.15) is 0 Å². The van der Waals surface area contributed by atoms with E-state index in [1.165, 1.54) is 11.3 Å². The van der Waals surface area contributed by atoms with Crippen molar-refractivity contribution in [1.82, 2.24) is 0 Å². The summed E-state index contributed by atoms with van der Waals surface area (Å²) in [5, 5.41) is 0. The van der Waals surface area contributed by atoms with Gasteiger partial charge in [0, 0.05) is 12.2 Å². The maximum atomic E-state index is 5.56. The Kier molecular flexibility index (Phi) is 4.40. The average Bonchev–Trinajstić information content (AvgIpc) is 2.40. The van der Waals surface area contributed by atoms with E-state index in [1.54, 1.807) is 0 Å². The Bertz CT molecular complexity index is 337. The molecule has 1 aromatic carbocycles. The zero-order valence-electron chi connectivity index (χ0n) is 10.6. The average molecular weight is 234 g/mol. The molecule has 2 N–H and O–H groups in total. The molecule has 1 fully saturated rings. The normalized spacial score (nSPS) is 20.6. The molecular formula is C14H22N2O. The van der Waals surface area contributed by atoms with Crippen molar-refractivity contribution in [2.45, 2.75) is 25.8 Å². The van der Waals surface area contributed by atoms with Crippen LogP contribution >= 0.6 is 0 Å². The van der Waals surface area contributed by atoms with Gasteiger partial charge in [-0.1, -0.05) is 19.1 Å². The number of nitrogens with zero attached hydrogens (tertiary/aromatic N) is 1. The molecule has 1 atom stereocenters. The Balaban J connectivity index is 2.09. The summed E-state index contributed by atoms with van der Waals surface area (Å²) < 4.78 is 5.53. The largest absolute Gasteiger partial charge is 0.377 e. The molecule has 94 valence electrons. The molecule has 1 heterocycles. The fourth-order valence-electron chi connectivity index (χ4n) is 2.35. The molecule has 0 spiro atoms. The smallest absolute Gasteiger partial charge is 0.0670 e. The molecule has 0 aromatic heterocycles. The predicted octanol–water partition coefficient (Wildman–Crippen LogP) is 1.80. The molecule has 1 aliphatic rings. The van der Waals surface area contributed by atoms with Crippen molar-refractivity contribution in [1.29, 1.82) is 0 Å². The van der Waals surface area contributed by atoms with Crippen LogP contribution in [0, 0.1) is 0 Å². The molecule has 1 saturated heterocycles. The monoisotopic (exact) mass is 234 g/mol. The van der Waals surface area contributed by atoms with Gasteiger partial charge >= 0.3 is 0 Å². The third-order valence-electron chi connectivity index (χ3n) is 3.40. The van der Waals surface area contributed by atoms with Crippen molar-refractivity contribution in [3.63, 3.8) is 0 Å². The number of morpholine rings is 1. The van der Waals surface area contributed by atoms with E-state index in [4.69, 9.17) is 10.5 Å². The van der Waals surface area contributed by atoms with Gasteiger partial charge in [-0.2, -0.15) is 0 Å². The van der Waals surface area contributed by atoms with Crippen LogP contribution in [-0.4, -0.2) is 32.3 Å². The molecule has 2 rings (SSSR count). The Morgan fingerprint density at radius 2 is 2.12 bits per heavy atom. The van der Waals surface area contributed by atoms with Gasteiger partial charge in [0.05, 0.1) is 19.3 Å². The Hall–Kier alpha value is -1.06. The van der Waals surface area contributed by atoms with E-state index in [2.05, 4.69) is 36.1 Å². The third-order valence-corrected chi connectivity index (χ3v) is 3.40. The van der Waals surface area contributed by atoms with Gasteiger partial charge in [-0.25, -0.2) is 0 Å². The van der Waals surface area contributed by atoms with Crippen LogP contribution in [0.25, 0.3) is 0 Å². The van der Waals surface area contributed by atoms with Crippen LogP contribution in [0.1, 0.15) is 18.9 Å². The summed E-state index contributed by atoms with van der Waals surface area (Å²) in [5.74, 6) is 0. The zero-order valence-corrected chi connectivity index (χ0v) is 10.6. The Morgan fingerprint density at radius 1 is 1.35 bits per heavy atom. The number of ether oxygens (including phenoxy) is 1. The topological polar surface area (TPSA) is 38.5 Å². The second-order valence-electron chi connectivity index (χ2n) is 4.54. The molecule has 17 heavy (non-hydrogen) atoms. The minimum absolute atomic E-state index is 0.518. The van der Waals surface area contributed by atoms with Gasteiger partial charge in [0.15, 0.2) is 0 Å². The van der Waals surface area contributed by atoms with E-state index < -0.39 is 0 Å². The molecule has 1 aliphatic heterocycles. The lowest BCUT2D eigenvalue weighted by Gasteiger charge is -2.37. The lowest BCUT2D eigenvalue weighted by atomic mass is 10.1. The van der Waals surface area contributed by atoms with E-state index in [1.807, 2.05) is 0 Å². The van der Waals surface area contributed by atoms with Crippen LogP contribution in [0.4, 0.5) is 5.69 Å². The fraction of sp³-hybridized carbons (Fsp3) is 0.571. The summed E-state index contributed by atoms with van der Waals surface area (Å²) in [6.45, 7) is 5.61. The number of hydrogen-bond donors (Lipinski definition) is 1. The van der Waals surface area contributed by atoms with Crippen LogP contribution in [0.5, 0.6) is 0 Å². The summed E-state index contributed by atoms with van der Waals surface area (Å²) in [6.07, 6.45) is 2.09. The van der Waals surface area contributed by atoms with Crippen molar-refractivity contribution in [2.24, 2.45) is 5.73 Å². The number of nitrogens with two attached hydrogens (primary N) is 1. The maximum Gasteiger partial charge on any atom is 0.0670 e. The highest BCUT2D eigenvalue weighted by atomic mass is 16.5. The van der Waals surface area contributed by atoms with E-state index in [0.29, 0.717) is 12.6 Å².